The van der Waals surface area contributed by atoms with Gasteiger partial charge in [0, 0.05) is 24.8 Å². The zero-order valence-electron chi connectivity index (χ0n) is 10.9. The number of likely N-dealkylation sites (tertiary alicyclic amines) is 1. The lowest BCUT2D eigenvalue weighted by atomic mass is 10.0. The summed E-state index contributed by atoms with van der Waals surface area (Å²) >= 11 is 0. The molecule has 3 nitrogen and oxygen atoms in total. The second-order valence-corrected chi connectivity index (χ2v) is 4.63. The molecule has 0 aliphatic carbocycles. The number of hydrogen-bond acceptors (Lipinski definition) is 3. The van der Waals surface area contributed by atoms with Crippen LogP contribution in [0.15, 0.2) is 24.3 Å². The summed E-state index contributed by atoms with van der Waals surface area (Å²) in [5.41, 5.74) is 1.16. The molecule has 0 aromatic heterocycles. The minimum Gasteiger partial charge on any atom is -0.497 e. The molecule has 0 amide bonds. The van der Waals surface area contributed by atoms with Crippen molar-refractivity contribution in [2.24, 2.45) is 0 Å². The van der Waals surface area contributed by atoms with Gasteiger partial charge in [-0.25, -0.2) is 0 Å². The fourth-order valence-electron chi connectivity index (χ4n) is 2.29. The van der Waals surface area contributed by atoms with Gasteiger partial charge in [0.1, 0.15) is 5.75 Å². The number of nitrogens with one attached hydrogen (secondary N) is 1. The van der Waals surface area contributed by atoms with Gasteiger partial charge in [0.15, 0.2) is 0 Å². The molecule has 1 fully saturated rings. The maximum Gasteiger partial charge on any atom is 0.119 e. The lowest BCUT2D eigenvalue weighted by Gasteiger charge is -2.31. The Bertz CT molecular complexity index is 399. The third kappa shape index (κ3) is 3.41. The van der Waals surface area contributed by atoms with E-state index in [1.807, 2.05) is 12.1 Å². The fraction of sp³-hybridized carbons (Fsp3) is 0.467. The number of benzene rings is 1. The first kappa shape index (κ1) is 12.8. The van der Waals surface area contributed by atoms with Crippen LogP contribution in [-0.4, -0.2) is 37.7 Å². The Kier molecular flexibility index (Phi) is 4.49. The van der Waals surface area contributed by atoms with E-state index in [0.29, 0.717) is 6.04 Å². The van der Waals surface area contributed by atoms with Crippen molar-refractivity contribution in [1.29, 1.82) is 0 Å². The number of ether oxygens (including phenoxy) is 1. The lowest BCUT2D eigenvalue weighted by Crippen LogP contribution is -2.39. The molecule has 0 spiro atoms. The fourth-order valence-corrected chi connectivity index (χ4v) is 2.29. The molecule has 0 atom stereocenters. The molecule has 0 radical (unpaired) electrons. The van der Waals surface area contributed by atoms with Crippen LogP contribution < -0.4 is 10.1 Å². The summed E-state index contributed by atoms with van der Waals surface area (Å²) in [6.45, 7) is 2.94. The van der Waals surface area contributed by atoms with Gasteiger partial charge in [0.2, 0.25) is 0 Å². The van der Waals surface area contributed by atoms with Crippen molar-refractivity contribution in [3.63, 3.8) is 0 Å². The van der Waals surface area contributed by atoms with Gasteiger partial charge in [-0.1, -0.05) is 5.92 Å². The smallest absolute Gasteiger partial charge is 0.119 e. The number of piperidine rings is 1. The number of nitrogens with zero attached hydrogens (tertiary/aromatic N) is 1. The van der Waals surface area contributed by atoms with Crippen LogP contribution in [0.4, 0.5) is 5.69 Å². The molecule has 1 aromatic carbocycles. The van der Waals surface area contributed by atoms with Crippen molar-refractivity contribution in [2.45, 2.75) is 18.9 Å². The summed E-state index contributed by atoms with van der Waals surface area (Å²) in [5, 5.41) is 3.56. The summed E-state index contributed by atoms with van der Waals surface area (Å²) in [4.78, 5) is 2.33. The number of rotatable bonds is 4. The topological polar surface area (TPSA) is 24.5 Å². The molecule has 1 aliphatic rings. The summed E-state index contributed by atoms with van der Waals surface area (Å²) in [7, 11) is 1.68. The molecule has 3 heteroatoms. The summed E-state index contributed by atoms with van der Waals surface area (Å²) in [6.07, 6.45) is 7.62. The van der Waals surface area contributed by atoms with Gasteiger partial charge >= 0.3 is 0 Å². The molecule has 1 aromatic rings. The van der Waals surface area contributed by atoms with Gasteiger partial charge in [-0.2, -0.15) is 0 Å². The predicted molar refractivity (Wildman–Crippen MR) is 74.9 cm³/mol. The highest BCUT2D eigenvalue weighted by Crippen LogP contribution is 2.19. The second kappa shape index (κ2) is 6.32. The molecule has 1 saturated heterocycles. The van der Waals surface area contributed by atoms with E-state index in [9.17, 15) is 0 Å². The van der Waals surface area contributed by atoms with Crippen molar-refractivity contribution in [1.82, 2.24) is 4.90 Å². The molecule has 96 valence electrons. The molecule has 18 heavy (non-hydrogen) atoms. The van der Waals surface area contributed by atoms with Crippen molar-refractivity contribution in [3.05, 3.63) is 24.3 Å². The van der Waals surface area contributed by atoms with Gasteiger partial charge in [-0.05, 0) is 37.1 Å². The van der Waals surface area contributed by atoms with Crippen LogP contribution in [0.5, 0.6) is 5.75 Å². The lowest BCUT2D eigenvalue weighted by molar-refractivity contribution is 0.243. The normalized spacial score (nSPS) is 17.1. The Morgan fingerprint density at radius 2 is 2.00 bits per heavy atom. The van der Waals surface area contributed by atoms with Gasteiger partial charge in [-0.3, -0.25) is 4.90 Å². The monoisotopic (exact) mass is 244 g/mol. The van der Waals surface area contributed by atoms with E-state index < -0.39 is 0 Å². The number of methoxy groups -OCH3 is 1. The highest BCUT2D eigenvalue weighted by atomic mass is 16.5. The van der Waals surface area contributed by atoms with Crippen LogP contribution in [-0.2, 0) is 0 Å². The van der Waals surface area contributed by atoms with Crippen LogP contribution >= 0.6 is 0 Å². The first-order valence-corrected chi connectivity index (χ1v) is 6.38. The Morgan fingerprint density at radius 1 is 1.33 bits per heavy atom. The van der Waals surface area contributed by atoms with E-state index in [1.165, 1.54) is 0 Å². The number of hydrogen-bond donors (Lipinski definition) is 1. The molecule has 1 N–H and O–H groups in total. The number of terminal acetylenes is 1. The molecule has 2 rings (SSSR count). The zero-order chi connectivity index (χ0) is 12.8. The van der Waals surface area contributed by atoms with E-state index in [0.717, 1.165) is 43.9 Å². The van der Waals surface area contributed by atoms with Crippen molar-refractivity contribution < 1.29 is 4.74 Å². The Balaban J connectivity index is 1.82. The first-order chi connectivity index (χ1) is 8.81. The molecular formula is C15H20N2O. The molecule has 0 saturated carbocycles. The van der Waals surface area contributed by atoms with E-state index >= 15 is 0 Å². The van der Waals surface area contributed by atoms with Crippen molar-refractivity contribution in [3.8, 4) is 18.1 Å². The highest BCUT2D eigenvalue weighted by Gasteiger charge is 2.17. The third-order valence-corrected chi connectivity index (χ3v) is 3.36. The molecule has 0 unspecified atom stereocenters. The average molecular weight is 244 g/mol. The van der Waals surface area contributed by atoms with Crippen molar-refractivity contribution >= 4 is 5.69 Å². The summed E-state index contributed by atoms with van der Waals surface area (Å²) < 4.78 is 5.15. The summed E-state index contributed by atoms with van der Waals surface area (Å²) in [5.74, 6) is 3.60. The summed E-state index contributed by atoms with van der Waals surface area (Å²) in [6, 6.07) is 8.64. The van der Waals surface area contributed by atoms with E-state index in [1.54, 1.807) is 7.11 Å². The van der Waals surface area contributed by atoms with Crippen LogP contribution in [0.1, 0.15) is 12.8 Å². The highest BCUT2D eigenvalue weighted by molar-refractivity contribution is 5.47. The van der Waals surface area contributed by atoms with Crippen LogP contribution in [0.3, 0.4) is 0 Å². The van der Waals surface area contributed by atoms with Gasteiger partial charge in [0.25, 0.3) is 0 Å². The van der Waals surface area contributed by atoms with Gasteiger partial charge in [-0.15, -0.1) is 6.42 Å². The average Bonchev–Trinajstić information content (AvgIpc) is 2.42. The Labute approximate surface area is 109 Å². The first-order valence-electron chi connectivity index (χ1n) is 6.38. The van der Waals surface area contributed by atoms with Gasteiger partial charge in [0.05, 0.1) is 13.7 Å². The van der Waals surface area contributed by atoms with E-state index in [2.05, 4.69) is 28.3 Å². The second-order valence-electron chi connectivity index (χ2n) is 4.63. The molecule has 1 aliphatic heterocycles. The van der Waals surface area contributed by atoms with Crippen LogP contribution in [0.2, 0.25) is 0 Å². The molecule has 1 heterocycles. The maximum atomic E-state index is 5.33. The van der Waals surface area contributed by atoms with Crippen molar-refractivity contribution in [2.75, 3.05) is 32.1 Å². The third-order valence-electron chi connectivity index (χ3n) is 3.36. The SMILES string of the molecule is C#CCN1CCC(Nc2ccc(OC)cc2)CC1. The Morgan fingerprint density at radius 3 is 2.56 bits per heavy atom. The standard InChI is InChI=1S/C15H20N2O/c1-3-10-17-11-8-14(9-12-17)16-13-4-6-15(18-2)7-5-13/h1,4-7,14,16H,8-12H2,2H3. The predicted octanol–water partition coefficient (Wildman–Crippen LogP) is 2.20. The van der Waals surface area contributed by atoms with E-state index in [4.69, 9.17) is 11.2 Å². The Hall–Kier alpha value is -1.66. The van der Waals surface area contributed by atoms with Crippen LogP contribution in [0, 0.1) is 12.3 Å². The van der Waals surface area contributed by atoms with E-state index in [-0.39, 0.29) is 0 Å². The number of anilines is 1. The minimum atomic E-state index is 0.549. The zero-order valence-corrected chi connectivity index (χ0v) is 10.9. The maximum absolute atomic E-state index is 5.33. The largest absolute Gasteiger partial charge is 0.497 e. The molecular weight excluding hydrogens is 224 g/mol. The van der Waals surface area contributed by atoms with Crippen LogP contribution in [0.25, 0.3) is 0 Å². The molecule has 0 bridgehead atoms. The van der Waals surface area contributed by atoms with Gasteiger partial charge < -0.3 is 10.1 Å². The quantitative estimate of drug-likeness (QED) is 0.822. The minimum absolute atomic E-state index is 0.549.